The molecule has 8 heteroatoms. The van der Waals surface area contributed by atoms with E-state index in [9.17, 15) is 18.3 Å². The number of aliphatic hydroxyl groups is 1. The van der Waals surface area contributed by atoms with Crippen molar-refractivity contribution in [2.75, 3.05) is 44.7 Å². The zero-order valence-corrected chi connectivity index (χ0v) is 13.4. The molecule has 1 aliphatic heterocycles. The summed E-state index contributed by atoms with van der Waals surface area (Å²) in [5.41, 5.74) is -2.16. The molecule has 1 atom stereocenters. The van der Waals surface area contributed by atoms with Crippen LogP contribution in [0.15, 0.2) is 18.2 Å². The summed E-state index contributed by atoms with van der Waals surface area (Å²) in [6.07, 6.45) is -4.54. The van der Waals surface area contributed by atoms with Crippen molar-refractivity contribution < 1.29 is 23.0 Å². The molecule has 0 aliphatic carbocycles. The molecule has 0 radical (unpaired) electrons. The Morgan fingerprint density at radius 2 is 2.00 bits per heavy atom. The zero-order chi connectivity index (χ0) is 17.8. The van der Waals surface area contributed by atoms with E-state index >= 15 is 0 Å². The number of benzene rings is 1. The van der Waals surface area contributed by atoms with E-state index in [1.54, 1.807) is 6.92 Å². The van der Waals surface area contributed by atoms with Gasteiger partial charge in [-0.1, -0.05) is 0 Å². The molecule has 1 heterocycles. The Labute approximate surface area is 138 Å². The van der Waals surface area contributed by atoms with Gasteiger partial charge < -0.3 is 15.2 Å². The second-order valence-corrected chi connectivity index (χ2v) is 6.11. The standard InChI is InChI=1S/C16H20F3N3O2/c1-15(23,11-22-4-6-24-7-5-22)10-21-14-8-12(9-20)2-3-13(14)16(17,18)19/h2-3,8,21,23H,4-7,10-11H2,1H3/t15-/m1/s1. The average Bonchev–Trinajstić information content (AvgIpc) is 2.52. The largest absolute Gasteiger partial charge is 0.418 e. The molecule has 1 aromatic rings. The number of nitrogens with zero attached hydrogens (tertiary/aromatic N) is 2. The van der Waals surface area contributed by atoms with Gasteiger partial charge in [0.25, 0.3) is 0 Å². The van der Waals surface area contributed by atoms with Gasteiger partial charge >= 0.3 is 6.18 Å². The maximum atomic E-state index is 13.1. The lowest BCUT2D eigenvalue weighted by atomic mass is 10.0. The number of nitriles is 1. The third-order valence-electron chi connectivity index (χ3n) is 3.78. The Kier molecular flexibility index (Phi) is 5.70. The molecule has 2 rings (SSSR count). The fourth-order valence-electron chi connectivity index (χ4n) is 2.59. The van der Waals surface area contributed by atoms with Crippen LogP contribution in [0.3, 0.4) is 0 Å². The predicted molar refractivity (Wildman–Crippen MR) is 82.5 cm³/mol. The van der Waals surface area contributed by atoms with Crippen LogP contribution in [0.5, 0.6) is 0 Å². The molecule has 0 bridgehead atoms. The van der Waals surface area contributed by atoms with Crippen LogP contribution >= 0.6 is 0 Å². The predicted octanol–water partition coefficient (Wildman–Crippen LogP) is 2.07. The number of ether oxygens (including phenoxy) is 1. The quantitative estimate of drug-likeness (QED) is 0.857. The van der Waals surface area contributed by atoms with Gasteiger partial charge in [0.1, 0.15) is 0 Å². The average molecular weight is 343 g/mol. The van der Waals surface area contributed by atoms with Crippen molar-refractivity contribution >= 4 is 5.69 Å². The number of hydrogen-bond acceptors (Lipinski definition) is 5. The summed E-state index contributed by atoms with van der Waals surface area (Å²) in [6, 6.07) is 4.96. The Morgan fingerprint density at radius 3 is 2.58 bits per heavy atom. The van der Waals surface area contributed by atoms with Gasteiger partial charge in [-0.05, 0) is 25.1 Å². The molecule has 24 heavy (non-hydrogen) atoms. The molecule has 1 aliphatic rings. The second kappa shape index (κ2) is 7.38. The minimum atomic E-state index is -4.54. The molecule has 1 aromatic carbocycles. The van der Waals surface area contributed by atoms with Crippen molar-refractivity contribution in [1.29, 1.82) is 5.26 Å². The molecule has 0 saturated carbocycles. The van der Waals surface area contributed by atoms with Crippen LogP contribution in [0, 0.1) is 11.3 Å². The number of nitrogens with one attached hydrogen (secondary N) is 1. The molecule has 0 unspecified atom stereocenters. The Balaban J connectivity index is 2.08. The van der Waals surface area contributed by atoms with Crippen LogP contribution in [0.25, 0.3) is 0 Å². The second-order valence-electron chi connectivity index (χ2n) is 6.11. The fourth-order valence-corrected chi connectivity index (χ4v) is 2.59. The number of hydrogen-bond donors (Lipinski definition) is 2. The van der Waals surface area contributed by atoms with Gasteiger partial charge in [0.2, 0.25) is 0 Å². The summed E-state index contributed by atoms with van der Waals surface area (Å²) in [6.45, 7) is 4.32. The van der Waals surface area contributed by atoms with E-state index < -0.39 is 17.3 Å². The SMILES string of the molecule is C[C@@](O)(CNc1cc(C#N)ccc1C(F)(F)F)CN1CCOCC1. The first kappa shape index (κ1) is 18.5. The van der Waals surface area contributed by atoms with E-state index in [-0.39, 0.29) is 17.8 Å². The topological polar surface area (TPSA) is 68.5 Å². The van der Waals surface area contributed by atoms with Crippen LogP contribution in [0.2, 0.25) is 0 Å². The van der Waals surface area contributed by atoms with Gasteiger partial charge in [0.05, 0.1) is 36.0 Å². The van der Waals surface area contributed by atoms with Gasteiger partial charge in [-0.25, -0.2) is 0 Å². The van der Waals surface area contributed by atoms with Gasteiger partial charge in [-0.15, -0.1) is 0 Å². The lowest BCUT2D eigenvalue weighted by molar-refractivity contribution is -0.137. The summed E-state index contributed by atoms with van der Waals surface area (Å²) < 4.78 is 44.4. The highest BCUT2D eigenvalue weighted by molar-refractivity contribution is 5.57. The van der Waals surface area contributed by atoms with Crippen LogP contribution < -0.4 is 5.32 Å². The summed E-state index contributed by atoms with van der Waals surface area (Å²) in [4.78, 5) is 2.00. The summed E-state index contributed by atoms with van der Waals surface area (Å²) in [5, 5.41) is 22.0. The summed E-state index contributed by atoms with van der Waals surface area (Å²) >= 11 is 0. The van der Waals surface area contributed by atoms with Gasteiger partial charge in [0, 0.05) is 31.9 Å². The first-order valence-electron chi connectivity index (χ1n) is 7.59. The molecule has 0 amide bonds. The molecule has 2 N–H and O–H groups in total. The zero-order valence-electron chi connectivity index (χ0n) is 13.4. The Morgan fingerprint density at radius 1 is 1.33 bits per heavy atom. The van der Waals surface area contributed by atoms with Crippen molar-refractivity contribution in [3.05, 3.63) is 29.3 Å². The molecule has 5 nitrogen and oxygen atoms in total. The molecule has 1 fully saturated rings. The van der Waals surface area contributed by atoms with Crippen LogP contribution in [-0.2, 0) is 10.9 Å². The highest BCUT2D eigenvalue weighted by Crippen LogP contribution is 2.35. The molecular formula is C16H20F3N3O2. The maximum absolute atomic E-state index is 13.1. The van der Waals surface area contributed by atoms with Crippen molar-refractivity contribution in [2.24, 2.45) is 0 Å². The van der Waals surface area contributed by atoms with E-state index in [1.807, 2.05) is 11.0 Å². The lowest BCUT2D eigenvalue weighted by Crippen LogP contribution is -2.49. The number of β-amino-alcohol motifs (C(OH)–C–C–N with tert-alkyl or cyclic N) is 1. The Hall–Kier alpha value is -1.82. The minimum Gasteiger partial charge on any atom is -0.387 e. The van der Waals surface area contributed by atoms with E-state index in [0.717, 1.165) is 18.2 Å². The van der Waals surface area contributed by atoms with E-state index in [0.29, 0.717) is 32.8 Å². The van der Waals surface area contributed by atoms with Gasteiger partial charge in [-0.2, -0.15) is 18.4 Å². The van der Waals surface area contributed by atoms with Crippen molar-refractivity contribution in [3.8, 4) is 6.07 Å². The minimum absolute atomic E-state index is 0.0671. The van der Waals surface area contributed by atoms with Gasteiger partial charge in [0.15, 0.2) is 0 Å². The van der Waals surface area contributed by atoms with Crippen molar-refractivity contribution in [1.82, 2.24) is 4.90 Å². The van der Waals surface area contributed by atoms with E-state index in [1.165, 1.54) is 0 Å². The Bertz CT molecular complexity index is 606. The summed E-state index contributed by atoms with van der Waals surface area (Å²) in [5.74, 6) is 0. The highest BCUT2D eigenvalue weighted by Gasteiger charge is 2.34. The maximum Gasteiger partial charge on any atom is 0.418 e. The monoisotopic (exact) mass is 343 g/mol. The van der Waals surface area contributed by atoms with Crippen LogP contribution in [0.1, 0.15) is 18.1 Å². The smallest absolute Gasteiger partial charge is 0.387 e. The first-order chi connectivity index (χ1) is 11.2. The van der Waals surface area contributed by atoms with Crippen molar-refractivity contribution in [2.45, 2.75) is 18.7 Å². The van der Waals surface area contributed by atoms with E-state index in [4.69, 9.17) is 10.00 Å². The highest BCUT2D eigenvalue weighted by atomic mass is 19.4. The lowest BCUT2D eigenvalue weighted by Gasteiger charge is -2.34. The number of rotatable bonds is 5. The third-order valence-corrected chi connectivity index (χ3v) is 3.78. The summed E-state index contributed by atoms with van der Waals surface area (Å²) in [7, 11) is 0. The normalized spacial score (nSPS) is 18.7. The number of halogens is 3. The number of morpholine rings is 1. The molecule has 0 spiro atoms. The van der Waals surface area contributed by atoms with Crippen molar-refractivity contribution in [3.63, 3.8) is 0 Å². The molecule has 132 valence electrons. The number of alkyl halides is 3. The number of anilines is 1. The first-order valence-corrected chi connectivity index (χ1v) is 7.59. The van der Waals surface area contributed by atoms with Crippen LogP contribution in [0.4, 0.5) is 18.9 Å². The molecular weight excluding hydrogens is 323 g/mol. The third kappa shape index (κ3) is 5.09. The fraction of sp³-hybridized carbons (Fsp3) is 0.562. The molecule has 1 saturated heterocycles. The molecule has 0 aromatic heterocycles. The van der Waals surface area contributed by atoms with Gasteiger partial charge in [-0.3, -0.25) is 4.90 Å². The van der Waals surface area contributed by atoms with Crippen LogP contribution in [-0.4, -0.2) is 55.0 Å². The van der Waals surface area contributed by atoms with E-state index in [2.05, 4.69) is 5.32 Å².